The molecule has 0 aliphatic carbocycles. The molecule has 0 atom stereocenters. The van der Waals surface area contributed by atoms with Crippen LogP contribution in [0.1, 0.15) is 25.5 Å². The van der Waals surface area contributed by atoms with Crippen LogP contribution in [0, 0.1) is 6.92 Å². The van der Waals surface area contributed by atoms with Gasteiger partial charge in [-0.1, -0.05) is 12.1 Å². The summed E-state index contributed by atoms with van der Waals surface area (Å²) in [6.07, 6.45) is 1.90. The quantitative estimate of drug-likeness (QED) is 0.782. The number of aromatic nitrogens is 2. The molecule has 3 heteroatoms. The highest BCUT2D eigenvalue weighted by Gasteiger charge is 2.11. The average molecular weight is 215 g/mol. The molecular formula is C13H17N3. The van der Waals surface area contributed by atoms with Crippen LogP contribution < -0.4 is 5.73 Å². The molecule has 1 aromatic heterocycles. The van der Waals surface area contributed by atoms with Crippen molar-refractivity contribution in [2.24, 2.45) is 0 Å². The number of anilines is 1. The third-order valence-electron chi connectivity index (χ3n) is 2.63. The van der Waals surface area contributed by atoms with Gasteiger partial charge >= 0.3 is 0 Å². The number of hydrogen-bond acceptors (Lipinski definition) is 2. The van der Waals surface area contributed by atoms with Gasteiger partial charge in [0, 0.05) is 17.3 Å². The van der Waals surface area contributed by atoms with Gasteiger partial charge in [-0.2, -0.15) is 5.10 Å². The number of aryl methyl sites for hydroxylation is 1. The maximum absolute atomic E-state index is 5.81. The van der Waals surface area contributed by atoms with Gasteiger partial charge < -0.3 is 5.73 Å². The summed E-state index contributed by atoms with van der Waals surface area (Å²) >= 11 is 0. The van der Waals surface area contributed by atoms with Crippen LogP contribution in [-0.4, -0.2) is 9.78 Å². The largest absolute Gasteiger partial charge is 0.399 e. The Balaban J connectivity index is 2.59. The molecule has 3 nitrogen and oxygen atoms in total. The summed E-state index contributed by atoms with van der Waals surface area (Å²) < 4.78 is 2.03. The average Bonchev–Trinajstić information content (AvgIpc) is 2.60. The van der Waals surface area contributed by atoms with Crippen molar-refractivity contribution in [3.05, 3.63) is 36.0 Å². The number of nitrogens with two attached hydrogens (primary N) is 1. The number of hydrogen-bond donors (Lipinski definition) is 1. The van der Waals surface area contributed by atoms with Gasteiger partial charge in [-0.05, 0) is 38.5 Å². The van der Waals surface area contributed by atoms with E-state index in [0.29, 0.717) is 6.04 Å². The molecule has 16 heavy (non-hydrogen) atoms. The number of nitrogens with zero attached hydrogens (tertiary/aromatic N) is 2. The van der Waals surface area contributed by atoms with Crippen LogP contribution in [0.4, 0.5) is 5.69 Å². The van der Waals surface area contributed by atoms with E-state index >= 15 is 0 Å². The predicted octanol–water partition coefficient (Wildman–Crippen LogP) is 3.02. The van der Waals surface area contributed by atoms with E-state index in [9.17, 15) is 0 Å². The van der Waals surface area contributed by atoms with Crippen LogP contribution in [0.5, 0.6) is 0 Å². The summed E-state index contributed by atoms with van der Waals surface area (Å²) in [6.45, 7) is 6.33. The zero-order valence-electron chi connectivity index (χ0n) is 9.94. The van der Waals surface area contributed by atoms with E-state index in [-0.39, 0.29) is 0 Å². The minimum absolute atomic E-state index is 0.352. The Morgan fingerprint density at radius 3 is 2.69 bits per heavy atom. The Labute approximate surface area is 95.9 Å². The van der Waals surface area contributed by atoms with E-state index in [1.807, 2.05) is 29.1 Å². The molecule has 1 aromatic carbocycles. The number of nitrogen functional groups attached to an aromatic ring is 1. The Bertz CT molecular complexity index is 498. The molecule has 2 aromatic rings. The first-order chi connectivity index (χ1) is 7.59. The molecule has 2 N–H and O–H groups in total. The van der Waals surface area contributed by atoms with Crippen LogP contribution in [-0.2, 0) is 0 Å². The first-order valence-corrected chi connectivity index (χ1v) is 5.49. The number of rotatable bonds is 2. The molecule has 0 fully saturated rings. The van der Waals surface area contributed by atoms with Crippen LogP contribution in [0.3, 0.4) is 0 Å². The fraction of sp³-hybridized carbons (Fsp3) is 0.308. The zero-order chi connectivity index (χ0) is 11.7. The van der Waals surface area contributed by atoms with Crippen LogP contribution in [0.25, 0.3) is 11.3 Å². The Morgan fingerprint density at radius 1 is 1.31 bits per heavy atom. The fourth-order valence-electron chi connectivity index (χ4n) is 1.89. The molecule has 0 saturated carbocycles. The second kappa shape index (κ2) is 4.00. The molecule has 1 heterocycles. The van der Waals surface area contributed by atoms with Crippen molar-refractivity contribution in [2.75, 3.05) is 5.73 Å². The lowest BCUT2D eigenvalue weighted by molar-refractivity contribution is 0.538. The van der Waals surface area contributed by atoms with Gasteiger partial charge in [0.25, 0.3) is 0 Å². The van der Waals surface area contributed by atoms with Gasteiger partial charge in [0.1, 0.15) is 0 Å². The van der Waals surface area contributed by atoms with Crippen molar-refractivity contribution in [2.45, 2.75) is 26.8 Å². The third kappa shape index (κ3) is 1.81. The Hall–Kier alpha value is -1.77. The predicted molar refractivity (Wildman–Crippen MR) is 67.2 cm³/mol. The molecule has 0 spiro atoms. The monoisotopic (exact) mass is 215 g/mol. The summed E-state index contributed by atoms with van der Waals surface area (Å²) in [4.78, 5) is 0. The molecule has 0 unspecified atom stereocenters. The van der Waals surface area contributed by atoms with Crippen molar-refractivity contribution in [1.82, 2.24) is 9.78 Å². The number of benzene rings is 1. The van der Waals surface area contributed by atoms with Gasteiger partial charge in [-0.3, -0.25) is 4.68 Å². The van der Waals surface area contributed by atoms with Gasteiger partial charge in [0.05, 0.1) is 11.9 Å². The smallest absolute Gasteiger partial charge is 0.0715 e. The van der Waals surface area contributed by atoms with E-state index in [1.54, 1.807) is 0 Å². The maximum Gasteiger partial charge on any atom is 0.0715 e. The lowest BCUT2D eigenvalue weighted by Crippen LogP contribution is -2.05. The van der Waals surface area contributed by atoms with E-state index in [2.05, 4.69) is 31.9 Å². The van der Waals surface area contributed by atoms with Crippen molar-refractivity contribution < 1.29 is 0 Å². The van der Waals surface area contributed by atoms with Gasteiger partial charge in [0.15, 0.2) is 0 Å². The summed E-state index contributed by atoms with van der Waals surface area (Å²) in [6, 6.07) is 8.28. The van der Waals surface area contributed by atoms with Crippen LogP contribution in [0.15, 0.2) is 30.5 Å². The van der Waals surface area contributed by atoms with E-state index in [0.717, 1.165) is 16.9 Å². The molecule has 0 radical (unpaired) electrons. The van der Waals surface area contributed by atoms with Crippen molar-refractivity contribution in [3.8, 4) is 11.3 Å². The Morgan fingerprint density at radius 2 is 2.06 bits per heavy atom. The third-order valence-corrected chi connectivity index (χ3v) is 2.63. The zero-order valence-corrected chi connectivity index (χ0v) is 9.94. The first-order valence-electron chi connectivity index (χ1n) is 5.49. The molecule has 0 aliphatic rings. The van der Waals surface area contributed by atoms with Crippen LogP contribution in [0.2, 0.25) is 0 Å². The summed E-state index contributed by atoms with van der Waals surface area (Å²) in [5.74, 6) is 0. The minimum atomic E-state index is 0.352. The van der Waals surface area contributed by atoms with Gasteiger partial charge in [-0.25, -0.2) is 0 Å². The minimum Gasteiger partial charge on any atom is -0.399 e. The van der Waals surface area contributed by atoms with E-state index in [1.165, 1.54) is 5.56 Å². The molecular weight excluding hydrogens is 198 g/mol. The second-order valence-electron chi connectivity index (χ2n) is 4.34. The lowest BCUT2D eigenvalue weighted by Gasteiger charge is -2.12. The van der Waals surface area contributed by atoms with Crippen molar-refractivity contribution in [1.29, 1.82) is 0 Å². The Kier molecular flexibility index (Phi) is 2.69. The lowest BCUT2D eigenvalue weighted by atomic mass is 10.1. The first kappa shape index (κ1) is 10.7. The molecule has 0 bridgehead atoms. The highest BCUT2D eigenvalue weighted by molar-refractivity contribution is 5.67. The summed E-state index contributed by atoms with van der Waals surface area (Å²) in [5.41, 5.74) is 10.1. The van der Waals surface area contributed by atoms with Gasteiger partial charge in [0.2, 0.25) is 0 Å². The fourth-order valence-corrected chi connectivity index (χ4v) is 1.89. The highest BCUT2D eigenvalue weighted by Crippen LogP contribution is 2.26. The maximum atomic E-state index is 5.81. The molecule has 0 aliphatic heterocycles. The molecule has 84 valence electrons. The summed E-state index contributed by atoms with van der Waals surface area (Å²) in [7, 11) is 0. The van der Waals surface area contributed by atoms with Gasteiger partial charge in [-0.15, -0.1) is 0 Å². The van der Waals surface area contributed by atoms with E-state index in [4.69, 9.17) is 5.73 Å². The topological polar surface area (TPSA) is 43.8 Å². The standard InChI is InChI=1S/C13H17N3/c1-9(2)16-13(10(3)8-15-16)11-5-4-6-12(14)7-11/h4-9H,14H2,1-3H3. The normalized spacial score (nSPS) is 11.0. The SMILES string of the molecule is Cc1cnn(C(C)C)c1-c1cccc(N)c1. The second-order valence-corrected chi connectivity index (χ2v) is 4.34. The molecule has 2 rings (SSSR count). The van der Waals surface area contributed by atoms with Crippen LogP contribution >= 0.6 is 0 Å². The molecule has 0 amide bonds. The van der Waals surface area contributed by atoms with Crippen molar-refractivity contribution >= 4 is 5.69 Å². The molecule has 0 saturated heterocycles. The summed E-state index contributed by atoms with van der Waals surface area (Å²) in [5, 5.41) is 4.40. The highest BCUT2D eigenvalue weighted by atomic mass is 15.3. The van der Waals surface area contributed by atoms with Crippen molar-refractivity contribution in [3.63, 3.8) is 0 Å². The van der Waals surface area contributed by atoms with E-state index < -0.39 is 0 Å².